The van der Waals surface area contributed by atoms with Gasteiger partial charge in [0.15, 0.2) is 0 Å². The second kappa shape index (κ2) is 13.4. The smallest absolute Gasteiger partial charge is 0.350 e. The van der Waals surface area contributed by atoms with Gasteiger partial charge in [-0.1, -0.05) is 44.2 Å². The highest BCUT2D eigenvalue weighted by atomic mass is 16.8. The van der Waals surface area contributed by atoms with E-state index in [1.54, 1.807) is 28.1 Å². The summed E-state index contributed by atoms with van der Waals surface area (Å²) in [5.41, 5.74) is 3.95. The Morgan fingerprint density at radius 3 is 2.09 bits per heavy atom. The average Bonchev–Trinajstić information content (AvgIpc) is 3.86. The number of hydrogen-bond donors (Lipinski definition) is 0. The van der Waals surface area contributed by atoms with E-state index < -0.39 is 5.79 Å². The molecule has 4 heterocycles. The molecule has 0 unspecified atom stereocenters. The van der Waals surface area contributed by atoms with E-state index in [0.29, 0.717) is 32.2 Å². The van der Waals surface area contributed by atoms with Gasteiger partial charge in [-0.3, -0.25) is 0 Å². The van der Waals surface area contributed by atoms with Crippen molar-refractivity contribution in [3.63, 3.8) is 0 Å². The summed E-state index contributed by atoms with van der Waals surface area (Å²) in [6.07, 6.45) is 4.66. The van der Waals surface area contributed by atoms with Gasteiger partial charge in [0, 0.05) is 49.7 Å². The van der Waals surface area contributed by atoms with Crippen LogP contribution in [-0.4, -0.2) is 74.8 Å². The molecule has 2 aromatic heterocycles. The van der Waals surface area contributed by atoms with E-state index >= 15 is 0 Å². The monoisotopic (exact) mass is 636 g/mol. The minimum absolute atomic E-state index is 0.110. The third-order valence-electron chi connectivity index (χ3n) is 8.57. The molecule has 0 spiro atoms. The lowest BCUT2D eigenvalue weighted by atomic mass is 10.1. The van der Waals surface area contributed by atoms with Crippen molar-refractivity contribution in [3.8, 4) is 11.4 Å². The molecule has 2 fully saturated rings. The first-order valence-electron chi connectivity index (χ1n) is 16.1. The number of aromatic nitrogens is 6. The van der Waals surface area contributed by atoms with Gasteiger partial charge in [0.25, 0.3) is 0 Å². The van der Waals surface area contributed by atoms with E-state index in [1.165, 1.54) is 10.4 Å². The number of ether oxygens (including phenoxy) is 3. The molecule has 3 aromatic carbocycles. The number of rotatable bonds is 11. The topological polar surface area (TPSA) is 105 Å². The zero-order valence-corrected chi connectivity index (χ0v) is 26.8. The maximum Gasteiger partial charge on any atom is 0.350 e. The summed E-state index contributed by atoms with van der Waals surface area (Å²) in [6.45, 7) is 9.50. The van der Waals surface area contributed by atoms with Crippen molar-refractivity contribution in [1.82, 2.24) is 29.3 Å². The number of piperazine rings is 1. The zero-order chi connectivity index (χ0) is 32.2. The van der Waals surface area contributed by atoms with Gasteiger partial charge in [-0.15, -0.1) is 0 Å². The van der Waals surface area contributed by atoms with Crippen molar-refractivity contribution < 1.29 is 14.2 Å². The Kier molecular flexibility index (Phi) is 8.77. The lowest BCUT2D eigenvalue weighted by Crippen LogP contribution is -2.46. The van der Waals surface area contributed by atoms with Crippen LogP contribution < -0.4 is 20.2 Å². The second-order valence-corrected chi connectivity index (χ2v) is 12.4. The van der Waals surface area contributed by atoms with Crippen LogP contribution in [0.1, 0.15) is 19.4 Å². The first-order valence-corrected chi connectivity index (χ1v) is 16.1. The summed E-state index contributed by atoms with van der Waals surface area (Å²) in [6, 6.07) is 26.3. The molecule has 5 aromatic rings. The molecule has 2 aliphatic rings. The van der Waals surface area contributed by atoms with E-state index in [4.69, 9.17) is 14.2 Å². The first kappa shape index (κ1) is 30.7. The summed E-state index contributed by atoms with van der Waals surface area (Å²) in [4.78, 5) is 19.1. The van der Waals surface area contributed by atoms with Crippen LogP contribution >= 0.6 is 0 Å². The van der Waals surface area contributed by atoms with Crippen molar-refractivity contribution in [1.29, 1.82) is 0 Å². The normalized spacial score (nSPS) is 19.9. The molecule has 244 valence electrons. The Labute approximate surface area is 273 Å². The Balaban J connectivity index is 0.910. The minimum Gasteiger partial charge on any atom is -0.491 e. The highest BCUT2D eigenvalue weighted by Crippen LogP contribution is 2.36. The fraction of sp³-hybridized carbons (Fsp3) is 0.371. The van der Waals surface area contributed by atoms with E-state index in [9.17, 15) is 4.79 Å². The number of anilines is 2. The van der Waals surface area contributed by atoms with Gasteiger partial charge in [0.1, 0.15) is 31.3 Å². The van der Waals surface area contributed by atoms with Crippen molar-refractivity contribution in [3.05, 3.63) is 114 Å². The van der Waals surface area contributed by atoms with Crippen molar-refractivity contribution in [2.24, 2.45) is 5.92 Å². The molecule has 0 aliphatic carbocycles. The predicted octanol–water partition coefficient (Wildman–Crippen LogP) is 3.96. The van der Waals surface area contributed by atoms with Crippen LogP contribution in [-0.2, 0) is 28.4 Å². The highest BCUT2D eigenvalue weighted by molar-refractivity contribution is 5.54. The number of benzene rings is 3. The Bertz CT molecular complexity index is 1780. The fourth-order valence-corrected chi connectivity index (χ4v) is 6.15. The van der Waals surface area contributed by atoms with Gasteiger partial charge in [-0.25, -0.2) is 14.0 Å². The molecule has 2 saturated heterocycles. The van der Waals surface area contributed by atoms with Crippen LogP contribution in [0.15, 0.2) is 102 Å². The predicted molar refractivity (Wildman–Crippen MR) is 178 cm³/mol. The summed E-state index contributed by atoms with van der Waals surface area (Å²) >= 11 is 0. The van der Waals surface area contributed by atoms with Crippen LogP contribution in [0.25, 0.3) is 5.69 Å². The van der Waals surface area contributed by atoms with Crippen LogP contribution in [0.2, 0.25) is 0 Å². The van der Waals surface area contributed by atoms with E-state index in [-0.39, 0.29) is 11.8 Å². The molecule has 47 heavy (non-hydrogen) atoms. The van der Waals surface area contributed by atoms with Gasteiger partial charge in [0.2, 0.25) is 5.79 Å². The second-order valence-electron chi connectivity index (χ2n) is 12.4. The third kappa shape index (κ3) is 6.79. The molecule has 0 radical (unpaired) electrons. The molecule has 2 atom stereocenters. The zero-order valence-electron chi connectivity index (χ0n) is 26.8. The van der Waals surface area contributed by atoms with Crippen molar-refractivity contribution >= 4 is 11.4 Å². The SMILES string of the molecule is CC(C)Cn1ncn(-c2ccc(N3CCN(c4ccc(OC[C@@H]5CO[C@@](Cn6nccn6)(c6ccccc6)O5)cc4)CC3)cc2)c1=O. The quantitative estimate of drug-likeness (QED) is 0.213. The molecule has 0 saturated carbocycles. The van der Waals surface area contributed by atoms with Crippen LogP contribution in [0, 0.1) is 5.92 Å². The maximum atomic E-state index is 12.7. The maximum absolute atomic E-state index is 12.7. The summed E-state index contributed by atoms with van der Waals surface area (Å²) in [7, 11) is 0. The summed E-state index contributed by atoms with van der Waals surface area (Å²) in [5.74, 6) is 0.171. The Morgan fingerprint density at radius 1 is 0.830 bits per heavy atom. The van der Waals surface area contributed by atoms with E-state index in [2.05, 4.69) is 63.2 Å². The Hall–Kier alpha value is -4.94. The van der Waals surface area contributed by atoms with E-state index in [1.807, 2.05) is 54.6 Å². The number of hydrogen-bond acceptors (Lipinski definition) is 9. The molecule has 0 bridgehead atoms. The molecular formula is C35H40N8O4. The largest absolute Gasteiger partial charge is 0.491 e. The Morgan fingerprint density at radius 2 is 1.45 bits per heavy atom. The lowest BCUT2D eigenvalue weighted by Gasteiger charge is -2.37. The van der Waals surface area contributed by atoms with Gasteiger partial charge in [-0.2, -0.15) is 20.1 Å². The van der Waals surface area contributed by atoms with Gasteiger partial charge in [0.05, 0.1) is 24.7 Å². The standard InChI is InChI=1S/C35H40N8O4/c1-27(2)22-42-34(44)41(26-38-42)31-10-8-29(9-11-31)39-18-20-40(21-19-39)30-12-14-32(15-13-30)45-23-33-24-46-35(47-33,25-43-36-16-17-37-43)28-6-4-3-5-7-28/h3-17,26-27,33H,18-25H2,1-2H3/t33-,35-/m1/s1. The molecule has 7 rings (SSSR count). The summed E-state index contributed by atoms with van der Waals surface area (Å²) < 4.78 is 22.0. The molecule has 12 heteroatoms. The number of nitrogens with zero attached hydrogens (tertiary/aromatic N) is 8. The molecule has 2 aliphatic heterocycles. The lowest BCUT2D eigenvalue weighted by molar-refractivity contribution is -0.192. The van der Waals surface area contributed by atoms with Crippen LogP contribution in [0.3, 0.4) is 0 Å². The third-order valence-corrected chi connectivity index (χ3v) is 8.57. The van der Waals surface area contributed by atoms with Crippen molar-refractivity contribution in [2.75, 3.05) is 49.2 Å². The minimum atomic E-state index is -0.973. The summed E-state index contributed by atoms with van der Waals surface area (Å²) in [5, 5.41) is 12.8. The average molecular weight is 637 g/mol. The van der Waals surface area contributed by atoms with Crippen LogP contribution in [0.5, 0.6) is 5.75 Å². The molecule has 12 nitrogen and oxygen atoms in total. The molecule has 0 amide bonds. The van der Waals surface area contributed by atoms with E-state index in [0.717, 1.165) is 48.9 Å². The van der Waals surface area contributed by atoms with Crippen LogP contribution in [0.4, 0.5) is 11.4 Å². The van der Waals surface area contributed by atoms with Gasteiger partial charge >= 0.3 is 5.69 Å². The fourth-order valence-electron chi connectivity index (χ4n) is 6.15. The van der Waals surface area contributed by atoms with Gasteiger partial charge in [-0.05, 0) is 54.4 Å². The first-order chi connectivity index (χ1) is 23.0. The van der Waals surface area contributed by atoms with Crippen molar-refractivity contribution in [2.45, 2.75) is 38.8 Å². The highest BCUT2D eigenvalue weighted by Gasteiger charge is 2.44. The van der Waals surface area contributed by atoms with Gasteiger partial charge < -0.3 is 24.0 Å². The molecule has 0 N–H and O–H groups in total. The molecular weight excluding hydrogens is 596 g/mol.